The first kappa shape index (κ1) is 21.6. The van der Waals surface area contributed by atoms with Crippen molar-refractivity contribution in [3.63, 3.8) is 0 Å². The quantitative estimate of drug-likeness (QED) is 0.741. The average Bonchev–Trinajstić information content (AvgIpc) is 3.21. The van der Waals surface area contributed by atoms with Gasteiger partial charge in [-0.05, 0) is 31.0 Å². The zero-order chi connectivity index (χ0) is 21.0. The van der Waals surface area contributed by atoms with Gasteiger partial charge in [-0.15, -0.1) is 11.3 Å². The van der Waals surface area contributed by atoms with Crippen LogP contribution < -0.4 is 10.1 Å². The number of rotatable bonds is 6. The van der Waals surface area contributed by atoms with Gasteiger partial charge in [-0.3, -0.25) is 9.59 Å². The lowest BCUT2D eigenvalue weighted by molar-refractivity contribution is -0.126. The van der Waals surface area contributed by atoms with Gasteiger partial charge in [0.2, 0.25) is 5.91 Å². The lowest BCUT2D eigenvalue weighted by Gasteiger charge is -2.31. The Balaban J connectivity index is 1.52. The molecular formula is C21H26ClN3O3S. The van der Waals surface area contributed by atoms with E-state index in [0.29, 0.717) is 54.7 Å². The minimum atomic E-state index is -0.119. The highest BCUT2D eigenvalue weighted by atomic mass is 35.5. The molecule has 1 aromatic carbocycles. The zero-order valence-corrected chi connectivity index (χ0v) is 18.5. The maximum absolute atomic E-state index is 12.9. The van der Waals surface area contributed by atoms with Crippen LogP contribution in [0.1, 0.15) is 53.7 Å². The summed E-state index contributed by atoms with van der Waals surface area (Å²) in [5, 5.41) is 6.55. The number of piperidine rings is 1. The second-order valence-electron chi connectivity index (χ2n) is 7.46. The molecule has 2 aromatic rings. The smallest absolute Gasteiger partial charge is 0.257 e. The lowest BCUT2D eigenvalue weighted by atomic mass is 9.95. The lowest BCUT2D eigenvalue weighted by Crippen LogP contribution is -2.43. The number of halogens is 1. The van der Waals surface area contributed by atoms with Gasteiger partial charge in [0, 0.05) is 35.3 Å². The van der Waals surface area contributed by atoms with Crippen LogP contribution in [0.5, 0.6) is 5.75 Å². The second-order valence-corrected chi connectivity index (χ2v) is 8.79. The molecule has 3 rings (SSSR count). The molecule has 0 atom stereocenters. The highest BCUT2D eigenvalue weighted by molar-refractivity contribution is 7.09. The van der Waals surface area contributed by atoms with E-state index in [-0.39, 0.29) is 17.7 Å². The van der Waals surface area contributed by atoms with Gasteiger partial charge < -0.3 is 15.0 Å². The Hall–Kier alpha value is -2.12. The minimum absolute atomic E-state index is 0.0246. The number of methoxy groups -OCH3 is 1. The van der Waals surface area contributed by atoms with Gasteiger partial charge in [0.15, 0.2) is 0 Å². The third-order valence-corrected chi connectivity index (χ3v) is 6.48. The predicted octanol–water partition coefficient (Wildman–Crippen LogP) is 4.10. The number of aromatic nitrogens is 1. The van der Waals surface area contributed by atoms with Crippen LogP contribution in [0.25, 0.3) is 0 Å². The molecule has 1 aliphatic rings. The number of hydrogen-bond acceptors (Lipinski definition) is 5. The molecule has 1 N–H and O–H groups in total. The molecular weight excluding hydrogens is 410 g/mol. The van der Waals surface area contributed by atoms with Crippen LogP contribution in [-0.2, 0) is 11.3 Å². The van der Waals surface area contributed by atoms with Gasteiger partial charge >= 0.3 is 0 Å². The van der Waals surface area contributed by atoms with Gasteiger partial charge in [0.25, 0.3) is 5.91 Å². The van der Waals surface area contributed by atoms with E-state index in [1.54, 1.807) is 34.4 Å². The first-order valence-corrected chi connectivity index (χ1v) is 11.0. The van der Waals surface area contributed by atoms with Crippen molar-refractivity contribution < 1.29 is 14.3 Å². The van der Waals surface area contributed by atoms with Crippen molar-refractivity contribution in [1.29, 1.82) is 0 Å². The first-order valence-electron chi connectivity index (χ1n) is 9.74. The molecule has 0 saturated carbocycles. The number of nitrogens with one attached hydrogen (secondary N) is 1. The Bertz CT molecular complexity index is 876. The van der Waals surface area contributed by atoms with Gasteiger partial charge in [0.05, 0.1) is 29.9 Å². The van der Waals surface area contributed by atoms with Gasteiger partial charge in [-0.1, -0.05) is 25.4 Å². The van der Waals surface area contributed by atoms with Crippen molar-refractivity contribution in [2.75, 3.05) is 20.2 Å². The molecule has 0 radical (unpaired) electrons. The predicted molar refractivity (Wildman–Crippen MR) is 115 cm³/mol. The summed E-state index contributed by atoms with van der Waals surface area (Å²) in [5.74, 6) is 0.708. The van der Waals surface area contributed by atoms with E-state index < -0.39 is 0 Å². The molecule has 8 heteroatoms. The van der Waals surface area contributed by atoms with Crippen LogP contribution in [0.2, 0.25) is 5.02 Å². The fraction of sp³-hybridized carbons (Fsp3) is 0.476. The summed E-state index contributed by atoms with van der Waals surface area (Å²) in [6, 6.07) is 5.01. The van der Waals surface area contributed by atoms with Crippen LogP contribution in [0, 0.1) is 5.92 Å². The maximum atomic E-state index is 12.9. The minimum Gasteiger partial charge on any atom is -0.496 e. The first-order chi connectivity index (χ1) is 13.9. The number of amides is 2. The Labute approximate surface area is 180 Å². The number of ether oxygens (including phenoxy) is 1. The fourth-order valence-electron chi connectivity index (χ4n) is 3.35. The molecule has 29 heavy (non-hydrogen) atoms. The zero-order valence-electron chi connectivity index (χ0n) is 16.9. The molecule has 0 bridgehead atoms. The van der Waals surface area contributed by atoms with Crippen LogP contribution >= 0.6 is 22.9 Å². The summed E-state index contributed by atoms with van der Waals surface area (Å²) in [6.45, 7) is 5.72. The monoisotopic (exact) mass is 435 g/mol. The van der Waals surface area contributed by atoms with Gasteiger partial charge in [-0.2, -0.15) is 0 Å². The van der Waals surface area contributed by atoms with Crippen molar-refractivity contribution >= 4 is 34.8 Å². The molecule has 1 aromatic heterocycles. The van der Waals surface area contributed by atoms with E-state index in [1.807, 2.05) is 5.38 Å². The van der Waals surface area contributed by atoms with Crippen molar-refractivity contribution in [2.24, 2.45) is 5.92 Å². The summed E-state index contributed by atoms with van der Waals surface area (Å²) in [4.78, 5) is 31.7. The molecule has 0 unspecified atom stereocenters. The third kappa shape index (κ3) is 5.28. The van der Waals surface area contributed by atoms with Crippen molar-refractivity contribution in [1.82, 2.24) is 15.2 Å². The number of carbonyl (C=O) groups excluding carboxylic acids is 2. The SMILES string of the molecule is COc1ccc(Cl)cc1C(=O)N1CCC(C(=O)NCc2csc(C(C)C)n2)CC1. The molecule has 6 nitrogen and oxygen atoms in total. The number of likely N-dealkylation sites (tertiary alicyclic amines) is 1. The summed E-state index contributed by atoms with van der Waals surface area (Å²) < 4.78 is 5.29. The maximum Gasteiger partial charge on any atom is 0.257 e. The second kappa shape index (κ2) is 9.59. The van der Waals surface area contributed by atoms with Gasteiger partial charge in [0.1, 0.15) is 5.75 Å². The van der Waals surface area contributed by atoms with Crippen LogP contribution in [-0.4, -0.2) is 41.9 Å². The molecule has 1 fully saturated rings. The Morgan fingerprint density at radius 2 is 2.07 bits per heavy atom. The van der Waals surface area contributed by atoms with E-state index in [4.69, 9.17) is 16.3 Å². The van der Waals surface area contributed by atoms with Crippen LogP contribution in [0.3, 0.4) is 0 Å². The van der Waals surface area contributed by atoms with E-state index in [9.17, 15) is 9.59 Å². The number of thiazole rings is 1. The standard InChI is InChI=1S/C21H26ClN3O3S/c1-13(2)20-24-16(12-29-20)11-23-19(26)14-6-8-25(9-7-14)21(27)17-10-15(22)4-5-18(17)28-3/h4-5,10,12-14H,6-9,11H2,1-3H3,(H,23,26). The summed E-state index contributed by atoms with van der Waals surface area (Å²) >= 11 is 7.67. The van der Waals surface area contributed by atoms with Gasteiger partial charge in [-0.25, -0.2) is 4.98 Å². The largest absolute Gasteiger partial charge is 0.496 e. The number of nitrogens with zero attached hydrogens (tertiary/aromatic N) is 2. The molecule has 1 aliphatic heterocycles. The molecule has 0 spiro atoms. The van der Waals surface area contributed by atoms with E-state index in [2.05, 4.69) is 24.1 Å². The van der Waals surface area contributed by atoms with E-state index in [0.717, 1.165) is 10.7 Å². The molecule has 2 amide bonds. The number of hydrogen-bond donors (Lipinski definition) is 1. The molecule has 2 heterocycles. The third-order valence-electron chi connectivity index (χ3n) is 5.05. The highest BCUT2D eigenvalue weighted by Crippen LogP contribution is 2.26. The van der Waals surface area contributed by atoms with Crippen LogP contribution in [0.4, 0.5) is 0 Å². The summed E-state index contributed by atoms with van der Waals surface area (Å²) in [5.41, 5.74) is 1.35. The Morgan fingerprint density at radius 3 is 2.69 bits per heavy atom. The normalized spacial score (nSPS) is 14.9. The van der Waals surface area contributed by atoms with E-state index >= 15 is 0 Å². The highest BCUT2D eigenvalue weighted by Gasteiger charge is 2.29. The summed E-state index contributed by atoms with van der Waals surface area (Å²) in [6.07, 6.45) is 1.27. The topological polar surface area (TPSA) is 71.5 Å². The molecule has 0 aliphatic carbocycles. The number of carbonyl (C=O) groups is 2. The summed E-state index contributed by atoms with van der Waals surface area (Å²) in [7, 11) is 1.53. The van der Waals surface area contributed by atoms with Crippen molar-refractivity contribution in [3.05, 3.63) is 44.9 Å². The van der Waals surface area contributed by atoms with Crippen LogP contribution in [0.15, 0.2) is 23.6 Å². The molecule has 1 saturated heterocycles. The molecule has 156 valence electrons. The van der Waals surface area contributed by atoms with Crippen molar-refractivity contribution in [3.8, 4) is 5.75 Å². The van der Waals surface area contributed by atoms with Crippen molar-refractivity contribution in [2.45, 2.75) is 39.2 Å². The fourth-order valence-corrected chi connectivity index (χ4v) is 4.36. The average molecular weight is 436 g/mol. The van der Waals surface area contributed by atoms with E-state index in [1.165, 1.54) is 7.11 Å². The Morgan fingerprint density at radius 1 is 1.34 bits per heavy atom. The Kier molecular flexibility index (Phi) is 7.14. The number of benzene rings is 1.